The van der Waals surface area contributed by atoms with Gasteiger partial charge >= 0.3 is 0 Å². The number of unbranched alkanes of at least 4 members (excludes halogenated alkanes) is 2. The lowest BCUT2D eigenvalue weighted by Crippen LogP contribution is -2.22. The Hall–Kier alpha value is -1.36. The van der Waals surface area contributed by atoms with E-state index < -0.39 is 0 Å². The molecule has 0 unspecified atom stereocenters. The molecule has 108 valence electrons. The number of nitrogens with two attached hydrogens (primary N) is 1. The Morgan fingerprint density at radius 3 is 2.74 bits per heavy atom. The molecule has 0 radical (unpaired) electrons. The molecule has 0 aliphatic carbocycles. The Balaban J connectivity index is 2.60. The van der Waals surface area contributed by atoms with Crippen molar-refractivity contribution in [2.24, 2.45) is 5.73 Å². The van der Waals surface area contributed by atoms with Gasteiger partial charge in [0.05, 0.1) is 0 Å². The van der Waals surface area contributed by atoms with Crippen LogP contribution in [0, 0.1) is 6.92 Å². The highest BCUT2D eigenvalue weighted by atomic mass is 15.2. The molecule has 0 bridgehead atoms. The summed E-state index contributed by atoms with van der Waals surface area (Å²) in [6.07, 6.45) is 4.63. The van der Waals surface area contributed by atoms with E-state index in [2.05, 4.69) is 27.1 Å². The van der Waals surface area contributed by atoms with E-state index in [1.54, 1.807) is 0 Å². The lowest BCUT2D eigenvalue weighted by atomic mass is 10.2. The summed E-state index contributed by atoms with van der Waals surface area (Å²) in [6.45, 7) is 6.73. The SMILES string of the molecule is CCCCCNc1cc(N(C)CCCN)nc(C)n1. The Bertz CT molecular complexity index is 367. The fourth-order valence-electron chi connectivity index (χ4n) is 1.87. The summed E-state index contributed by atoms with van der Waals surface area (Å²) in [6, 6.07) is 2.01. The Morgan fingerprint density at radius 1 is 1.26 bits per heavy atom. The summed E-state index contributed by atoms with van der Waals surface area (Å²) < 4.78 is 0. The van der Waals surface area contributed by atoms with E-state index in [1.165, 1.54) is 19.3 Å². The third kappa shape index (κ3) is 5.87. The Morgan fingerprint density at radius 2 is 2.05 bits per heavy atom. The maximum absolute atomic E-state index is 5.54. The zero-order valence-corrected chi connectivity index (χ0v) is 12.4. The third-order valence-electron chi connectivity index (χ3n) is 3.00. The molecule has 0 aliphatic heterocycles. The monoisotopic (exact) mass is 265 g/mol. The molecule has 5 heteroatoms. The summed E-state index contributed by atoms with van der Waals surface area (Å²) in [5, 5.41) is 3.37. The molecule has 1 aromatic heterocycles. The molecule has 0 aromatic carbocycles. The van der Waals surface area contributed by atoms with Crippen LogP contribution in [0.25, 0.3) is 0 Å². The molecule has 0 saturated heterocycles. The molecule has 19 heavy (non-hydrogen) atoms. The third-order valence-corrected chi connectivity index (χ3v) is 3.00. The van der Waals surface area contributed by atoms with Crippen molar-refractivity contribution in [3.05, 3.63) is 11.9 Å². The Labute approximate surface area is 116 Å². The van der Waals surface area contributed by atoms with Crippen LogP contribution < -0.4 is 16.0 Å². The molecule has 0 atom stereocenters. The van der Waals surface area contributed by atoms with Crippen molar-refractivity contribution in [3.8, 4) is 0 Å². The first kappa shape index (κ1) is 15.7. The van der Waals surface area contributed by atoms with Crippen LogP contribution in [0.4, 0.5) is 11.6 Å². The molecule has 0 spiro atoms. The molecule has 1 rings (SSSR count). The number of aryl methyl sites for hydroxylation is 1. The summed E-state index contributed by atoms with van der Waals surface area (Å²) >= 11 is 0. The minimum atomic E-state index is 0.705. The van der Waals surface area contributed by atoms with Crippen molar-refractivity contribution < 1.29 is 0 Å². The van der Waals surface area contributed by atoms with Crippen LogP contribution in [0.3, 0.4) is 0 Å². The molecule has 0 aliphatic rings. The fourth-order valence-corrected chi connectivity index (χ4v) is 1.87. The number of nitrogens with zero attached hydrogens (tertiary/aromatic N) is 3. The van der Waals surface area contributed by atoms with Crippen LogP contribution in [0.15, 0.2) is 6.07 Å². The lowest BCUT2D eigenvalue weighted by Gasteiger charge is -2.19. The number of anilines is 2. The summed E-state index contributed by atoms with van der Waals surface area (Å²) in [4.78, 5) is 11.0. The normalized spacial score (nSPS) is 10.5. The molecule has 5 nitrogen and oxygen atoms in total. The van der Waals surface area contributed by atoms with Gasteiger partial charge < -0.3 is 16.0 Å². The molecule has 0 saturated carbocycles. The molecule has 0 fully saturated rings. The topological polar surface area (TPSA) is 67.1 Å². The van der Waals surface area contributed by atoms with Gasteiger partial charge in [-0.05, 0) is 26.3 Å². The van der Waals surface area contributed by atoms with E-state index in [4.69, 9.17) is 5.73 Å². The first-order valence-corrected chi connectivity index (χ1v) is 7.18. The van der Waals surface area contributed by atoms with E-state index in [-0.39, 0.29) is 0 Å². The summed E-state index contributed by atoms with van der Waals surface area (Å²) in [7, 11) is 2.04. The zero-order valence-electron chi connectivity index (χ0n) is 12.4. The highest BCUT2D eigenvalue weighted by molar-refractivity contribution is 5.48. The Kier molecular flexibility index (Phi) is 7.18. The van der Waals surface area contributed by atoms with Crippen LogP contribution in [-0.2, 0) is 0 Å². The average Bonchev–Trinajstić information content (AvgIpc) is 2.40. The van der Waals surface area contributed by atoms with Crippen molar-refractivity contribution in [3.63, 3.8) is 0 Å². The smallest absolute Gasteiger partial charge is 0.134 e. The van der Waals surface area contributed by atoms with Gasteiger partial charge in [0.25, 0.3) is 0 Å². The zero-order chi connectivity index (χ0) is 14.1. The second-order valence-corrected chi connectivity index (χ2v) is 4.86. The molecule has 3 N–H and O–H groups in total. The van der Waals surface area contributed by atoms with Gasteiger partial charge in [-0.25, -0.2) is 9.97 Å². The van der Waals surface area contributed by atoms with Crippen LogP contribution >= 0.6 is 0 Å². The van der Waals surface area contributed by atoms with E-state index in [9.17, 15) is 0 Å². The average molecular weight is 265 g/mol. The van der Waals surface area contributed by atoms with Gasteiger partial charge in [-0.15, -0.1) is 0 Å². The van der Waals surface area contributed by atoms with Crippen LogP contribution in [-0.4, -0.2) is 36.6 Å². The minimum absolute atomic E-state index is 0.705. The van der Waals surface area contributed by atoms with Gasteiger partial charge in [-0.2, -0.15) is 0 Å². The van der Waals surface area contributed by atoms with Gasteiger partial charge in [-0.1, -0.05) is 19.8 Å². The van der Waals surface area contributed by atoms with Gasteiger partial charge in [0, 0.05) is 26.2 Å². The maximum atomic E-state index is 5.54. The van der Waals surface area contributed by atoms with Crippen LogP contribution in [0.1, 0.15) is 38.4 Å². The molecule has 0 amide bonds. The van der Waals surface area contributed by atoms with E-state index in [0.29, 0.717) is 6.54 Å². The number of nitrogens with one attached hydrogen (secondary N) is 1. The van der Waals surface area contributed by atoms with E-state index in [1.807, 2.05) is 20.0 Å². The minimum Gasteiger partial charge on any atom is -0.370 e. The molecule has 1 heterocycles. The van der Waals surface area contributed by atoms with Crippen molar-refractivity contribution >= 4 is 11.6 Å². The second kappa shape index (κ2) is 8.69. The maximum Gasteiger partial charge on any atom is 0.134 e. The quantitative estimate of drug-likeness (QED) is 0.670. The highest BCUT2D eigenvalue weighted by Crippen LogP contribution is 2.15. The van der Waals surface area contributed by atoms with Gasteiger partial charge in [0.15, 0.2) is 0 Å². The molecular formula is C14H27N5. The van der Waals surface area contributed by atoms with Crippen LogP contribution in [0.2, 0.25) is 0 Å². The largest absolute Gasteiger partial charge is 0.370 e. The van der Waals surface area contributed by atoms with Gasteiger partial charge in [0.1, 0.15) is 17.5 Å². The number of hydrogen-bond acceptors (Lipinski definition) is 5. The van der Waals surface area contributed by atoms with Crippen molar-refractivity contribution in [1.29, 1.82) is 0 Å². The predicted molar refractivity (Wildman–Crippen MR) is 81.7 cm³/mol. The highest BCUT2D eigenvalue weighted by Gasteiger charge is 2.06. The fraction of sp³-hybridized carbons (Fsp3) is 0.714. The van der Waals surface area contributed by atoms with Crippen molar-refractivity contribution in [2.45, 2.75) is 39.5 Å². The van der Waals surface area contributed by atoms with Crippen LogP contribution in [0.5, 0.6) is 0 Å². The van der Waals surface area contributed by atoms with Crippen molar-refractivity contribution in [2.75, 3.05) is 36.9 Å². The molecular weight excluding hydrogens is 238 g/mol. The first-order chi connectivity index (χ1) is 9.17. The summed E-state index contributed by atoms with van der Waals surface area (Å²) in [5.41, 5.74) is 5.54. The first-order valence-electron chi connectivity index (χ1n) is 7.18. The van der Waals surface area contributed by atoms with Gasteiger partial charge in [-0.3, -0.25) is 0 Å². The van der Waals surface area contributed by atoms with Gasteiger partial charge in [0.2, 0.25) is 0 Å². The lowest BCUT2D eigenvalue weighted by molar-refractivity contribution is 0.741. The number of hydrogen-bond donors (Lipinski definition) is 2. The standard InChI is InChI=1S/C14H27N5/c1-4-5-6-9-16-13-11-14(18-12(2)17-13)19(3)10-7-8-15/h11H,4-10,15H2,1-3H3,(H,16,17,18). The summed E-state index contributed by atoms with van der Waals surface area (Å²) in [5.74, 6) is 2.67. The van der Waals surface area contributed by atoms with Crippen molar-refractivity contribution in [1.82, 2.24) is 9.97 Å². The second-order valence-electron chi connectivity index (χ2n) is 4.86. The predicted octanol–water partition coefficient (Wildman–Crippen LogP) is 2.17. The number of rotatable bonds is 9. The number of aromatic nitrogens is 2. The van der Waals surface area contributed by atoms with E-state index in [0.717, 1.165) is 37.0 Å². The molecule has 1 aromatic rings. The van der Waals surface area contributed by atoms with E-state index >= 15 is 0 Å².